The molecule has 1 saturated carbocycles. The van der Waals surface area contributed by atoms with Gasteiger partial charge in [-0.25, -0.2) is 4.99 Å². The number of nitrogens with two attached hydrogens (primary N) is 1. The second-order valence-corrected chi connectivity index (χ2v) is 6.66. The van der Waals surface area contributed by atoms with Gasteiger partial charge < -0.3 is 15.5 Å². The number of carbonyl (C=O) groups excluding carboxylic acids is 1. The van der Waals surface area contributed by atoms with Crippen molar-refractivity contribution >= 4 is 35.8 Å². The molecule has 1 amide bonds. The number of hydrogen-bond acceptors (Lipinski definition) is 2. The molecule has 0 radical (unpaired) electrons. The predicted molar refractivity (Wildman–Crippen MR) is 102 cm³/mol. The molecule has 2 aliphatic rings. The topological polar surface area (TPSA) is 61.9 Å². The SMILES string of the molecule is CC1CCCN(C(N)=NCC(=O)N(C)C2CCCCC2)C1.I. The summed E-state index contributed by atoms with van der Waals surface area (Å²) >= 11 is 0. The molecule has 22 heavy (non-hydrogen) atoms. The minimum absolute atomic E-state index is 0. The van der Waals surface area contributed by atoms with Gasteiger partial charge in [0, 0.05) is 26.2 Å². The summed E-state index contributed by atoms with van der Waals surface area (Å²) in [5.41, 5.74) is 6.04. The fourth-order valence-electron chi connectivity index (χ4n) is 3.43. The lowest BCUT2D eigenvalue weighted by Gasteiger charge is -2.32. The average molecular weight is 422 g/mol. The molecule has 0 bridgehead atoms. The Labute approximate surface area is 151 Å². The normalized spacial score (nSPS) is 23.8. The number of likely N-dealkylation sites (tertiary alicyclic amines) is 1. The highest BCUT2D eigenvalue weighted by molar-refractivity contribution is 14.0. The van der Waals surface area contributed by atoms with Crippen molar-refractivity contribution in [1.29, 1.82) is 0 Å². The Morgan fingerprint density at radius 1 is 1.23 bits per heavy atom. The van der Waals surface area contributed by atoms with Crippen molar-refractivity contribution in [3.63, 3.8) is 0 Å². The average Bonchev–Trinajstić information content (AvgIpc) is 2.52. The van der Waals surface area contributed by atoms with E-state index in [1.165, 1.54) is 25.7 Å². The van der Waals surface area contributed by atoms with E-state index in [-0.39, 0.29) is 36.4 Å². The molecule has 0 aromatic carbocycles. The highest BCUT2D eigenvalue weighted by Gasteiger charge is 2.22. The molecule has 1 heterocycles. The number of guanidine groups is 1. The van der Waals surface area contributed by atoms with Crippen LogP contribution in [0, 0.1) is 5.92 Å². The van der Waals surface area contributed by atoms with Crippen LogP contribution >= 0.6 is 24.0 Å². The van der Waals surface area contributed by atoms with Gasteiger partial charge in [0.2, 0.25) is 5.91 Å². The van der Waals surface area contributed by atoms with Crippen LogP contribution in [0.15, 0.2) is 4.99 Å². The Kier molecular flexibility index (Phi) is 8.49. The zero-order valence-electron chi connectivity index (χ0n) is 14.0. The molecule has 1 atom stereocenters. The first kappa shape index (κ1) is 19.5. The van der Waals surface area contributed by atoms with Gasteiger partial charge in [-0.3, -0.25) is 4.79 Å². The first-order chi connectivity index (χ1) is 10.1. The van der Waals surface area contributed by atoms with Crippen molar-refractivity contribution in [3.05, 3.63) is 0 Å². The van der Waals surface area contributed by atoms with Crippen molar-refractivity contribution in [2.45, 2.75) is 57.9 Å². The summed E-state index contributed by atoms with van der Waals surface area (Å²) in [6, 6.07) is 0.401. The first-order valence-electron chi connectivity index (χ1n) is 8.38. The monoisotopic (exact) mass is 422 g/mol. The minimum Gasteiger partial charge on any atom is -0.370 e. The second kappa shape index (κ2) is 9.57. The molecular weight excluding hydrogens is 391 g/mol. The maximum Gasteiger partial charge on any atom is 0.244 e. The largest absolute Gasteiger partial charge is 0.370 e. The van der Waals surface area contributed by atoms with Crippen molar-refractivity contribution in [3.8, 4) is 0 Å². The van der Waals surface area contributed by atoms with Crippen molar-refractivity contribution < 1.29 is 4.79 Å². The lowest BCUT2D eigenvalue weighted by molar-refractivity contribution is -0.130. The highest BCUT2D eigenvalue weighted by Crippen LogP contribution is 2.21. The quantitative estimate of drug-likeness (QED) is 0.432. The van der Waals surface area contributed by atoms with E-state index in [2.05, 4.69) is 16.8 Å². The summed E-state index contributed by atoms with van der Waals surface area (Å²) in [7, 11) is 1.91. The van der Waals surface area contributed by atoms with Crippen LogP contribution in [0.25, 0.3) is 0 Å². The number of likely N-dealkylation sites (N-methyl/N-ethyl adjacent to an activating group) is 1. The number of carbonyl (C=O) groups is 1. The van der Waals surface area contributed by atoms with Crippen LogP contribution in [0.1, 0.15) is 51.9 Å². The maximum atomic E-state index is 12.2. The molecule has 6 heteroatoms. The molecule has 1 aliphatic heterocycles. The van der Waals surface area contributed by atoms with E-state index in [1.807, 2.05) is 11.9 Å². The Bertz CT molecular complexity index is 382. The fourth-order valence-corrected chi connectivity index (χ4v) is 3.43. The predicted octanol–water partition coefficient (Wildman–Crippen LogP) is 2.44. The van der Waals surface area contributed by atoms with E-state index >= 15 is 0 Å². The standard InChI is InChI=1S/C16H30N4O.HI/c1-13-7-6-10-20(12-13)16(17)18-11-15(21)19(2)14-8-4-3-5-9-14;/h13-14H,3-12H2,1-2H3,(H2,17,18);1H. The van der Waals surface area contributed by atoms with Crippen LogP contribution < -0.4 is 5.73 Å². The van der Waals surface area contributed by atoms with E-state index < -0.39 is 0 Å². The van der Waals surface area contributed by atoms with Crippen LogP contribution in [0.5, 0.6) is 0 Å². The third-order valence-electron chi connectivity index (χ3n) is 4.87. The molecule has 2 rings (SSSR count). The highest BCUT2D eigenvalue weighted by atomic mass is 127. The van der Waals surface area contributed by atoms with Gasteiger partial charge >= 0.3 is 0 Å². The van der Waals surface area contributed by atoms with Gasteiger partial charge in [-0.15, -0.1) is 24.0 Å². The number of aliphatic imine (C=N–C) groups is 1. The number of hydrogen-bond donors (Lipinski definition) is 1. The lowest BCUT2D eigenvalue weighted by Crippen LogP contribution is -2.44. The van der Waals surface area contributed by atoms with Crippen LogP contribution in [-0.2, 0) is 4.79 Å². The van der Waals surface area contributed by atoms with Crippen molar-refractivity contribution in [2.75, 3.05) is 26.7 Å². The summed E-state index contributed by atoms with van der Waals surface area (Å²) in [5.74, 6) is 1.29. The summed E-state index contributed by atoms with van der Waals surface area (Å²) in [6.07, 6.45) is 8.45. The molecule has 2 fully saturated rings. The van der Waals surface area contributed by atoms with Gasteiger partial charge in [-0.1, -0.05) is 26.2 Å². The van der Waals surface area contributed by atoms with Gasteiger partial charge in [0.1, 0.15) is 6.54 Å². The van der Waals surface area contributed by atoms with Gasteiger partial charge in [-0.05, 0) is 31.6 Å². The van der Waals surface area contributed by atoms with Gasteiger partial charge in [0.25, 0.3) is 0 Å². The second-order valence-electron chi connectivity index (χ2n) is 6.66. The van der Waals surface area contributed by atoms with E-state index in [9.17, 15) is 4.79 Å². The molecular formula is C16H31IN4O. The van der Waals surface area contributed by atoms with Gasteiger partial charge in [0.05, 0.1) is 0 Å². The van der Waals surface area contributed by atoms with E-state index in [0.29, 0.717) is 17.9 Å². The Morgan fingerprint density at radius 2 is 1.91 bits per heavy atom. The maximum absolute atomic E-state index is 12.2. The van der Waals surface area contributed by atoms with Gasteiger partial charge in [-0.2, -0.15) is 0 Å². The summed E-state index contributed by atoms with van der Waals surface area (Å²) < 4.78 is 0. The molecule has 128 valence electrons. The molecule has 0 aromatic heterocycles. The third kappa shape index (κ3) is 5.59. The summed E-state index contributed by atoms with van der Waals surface area (Å²) in [5, 5.41) is 0. The van der Waals surface area contributed by atoms with E-state index in [4.69, 9.17) is 5.73 Å². The lowest BCUT2D eigenvalue weighted by atomic mass is 9.94. The molecule has 1 unspecified atom stereocenters. The Hall–Kier alpha value is -0.530. The third-order valence-corrected chi connectivity index (χ3v) is 4.87. The van der Waals surface area contributed by atoms with E-state index in [1.54, 1.807) is 0 Å². The molecule has 5 nitrogen and oxygen atoms in total. The molecule has 1 saturated heterocycles. The molecule has 0 spiro atoms. The number of halogens is 1. The molecule has 2 N–H and O–H groups in total. The van der Waals surface area contributed by atoms with Crippen LogP contribution in [0.3, 0.4) is 0 Å². The Morgan fingerprint density at radius 3 is 2.55 bits per heavy atom. The fraction of sp³-hybridized carbons (Fsp3) is 0.875. The summed E-state index contributed by atoms with van der Waals surface area (Å²) in [6.45, 7) is 4.35. The van der Waals surface area contributed by atoms with E-state index in [0.717, 1.165) is 32.4 Å². The Balaban J connectivity index is 0.00000242. The zero-order valence-corrected chi connectivity index (χ0v) is 16.3. The minimum atomic E-state index is 0. The number of nitrogens with zero attached hydrogens (tertiary/aromatic N) is 3. The first-order valence-corrected chi connectivity index (χ1v) is 8.38. The number of rotatable bonds is 3. The van der Waals surface area contributed by atoms with Crippen LogP contribution in [-0.4, -0.2) is 54.4 Å². The van der Waals surface area contributed by atoms with Crippen LogP contribution in [0.4, 0.5) is 0 Å². The van der Waals surface area contributed by atoms with Crippen LogP contribution in [0.2, 0.25) is 0 Å². The smallest absolute Gasteiger partial charge is 0.244 e. The van der Waals surface area contributed by atoms with Gasteiger partial charge in [0.15, 0.2) is 5.96 Å². The van der Waals surface area contributed by atoms with Crippen molar-refractivity contribution in [2.24, 2.45) is 16.6 Å². The summed E-state index contributed by atoms with van der Waals surface area (Å²) in [4.78, 5) is 20.6. The number of amides is 1. The van der Waals surface area contributed by atoms with Crippen molar-refractivity contribution in [1.82, 2.24) is 9.80 Å². The molecule has 1 aliphatic carbocycles. The molecule has 0 aromatic rings. The zero-order chi connectivity index (χ0) is 15.2. The number of piperidine rings is 1.